The van der Waals surface area contributed by atoms with Crippen LogP contribution >= 0.6 is 23.1 Å². The van der Waals surface area contributed by atoms with Crippen molar-refractivity contribution in [1.82, 2.24) is 4.98 Å². The van der Waals surface area contributed by atoms with Gasteiger partial charge in [-0.05, 0) is 24.0 Å². The number of nitrogen functional groups attached to an aromatic ring is 1. The van der Waals surface area contributed by atoms with Gasteiger partial charge < -0.3 is 5.73 Å². The van der Waals surface area contributed by atoms with Crippen LogP contribution in [0.3, 0.4) is 0 Å². The smallest absolute Gasteiger partial charge is 0.180 e. The molecule has 1 aromatic carbocycles. The van der Waals surface area contributed by atoms with E-state index in [1.165, 1.54) is 21.8 Å². The maximum absolute atomic E-state index is 5.58. The van der Waals surface area contributed by atoms with E-state index in [-0.39, 0.29) is 0 Å². The molecular weight excluding hydrogens is 224 g/mol. The van der Waals surface area contributed by atoms with Crippen molar-refractivity contribution in [1.29, 1.82) is 0 Å². The Morgan fingerprint density at radius 3 is 2.60 bits per heavy atom. The molecule has 0 fully saturated rings. The van der Waals surface area contributed by atoms with E-state index >= 15 is 0 Å². The van der Waals surface area contributed by atoms with Gasteiger partial charge in [-0.25, -0.2) is 4.98 Å². The van der Waals surface area contributed by atoms with Crippen LogP contribution in [-0.4, -0.2) is 11.2 Å². The van der Waals surface area contributed by atoms with Gasteiger partial charge >= 0.3 is 0 Å². The fourth-order valence-electron chi connectivity index (χ4n) is 1.36. The number of hydrogen-bond donors (Lipinski definition) is 1. The first kappa shape index (κ1) is 10.5. The van der Waals surface area contributed by atoms with Crippen LogP contribution in [0.2, 0.25) is 0 Å². The van der Waals surface area contributed by atoms with Crippen LogP contribution in [0.4, 0.5) is 5.13 Å². The third-order valence-electron chi connectivity index (χ3n) is 2.11. The molecule has 1 aromatic heterocycles. The Bertz CT molecular complexity index is 434. The predicted molar refractivity (Wildman–Crippen MR) is 67.6 cm³/mol. The Balaban J connectivity index is 2.11. The van der Waals surface area contributed by atoms with Gasteiger partial charge in [-0.2, -0.15) is 0 Å². The molecule has 2 rings (SSSR count). The summed E-state index contributed by atoms with van der Waals surface area (Å²) < 4.78 is 0. The standard InChI is InChI=1S/C11H12N2S2/c1-14-10-4-2-8(3-5-10)6-9-7-15-11(12)13-9/h2-5,7H,6H2,1H3,(H2,12,13). The van der Waals surface area contributed by atoms with E-state index < -0.39 is 0 Å². The third kappa shape index (κ3) is 2.73. The number of anilines is 1. The first-order chi connectivity index (χ1) is 7.28. The average Bonchev–Trinajstić information content (AvgIpc) is 2.65. The molecule has 0 atom stereocenters. The van der Waals surface area contributed by atoms with Crippen molar-refractivity contribution in [2.24, 2.45) is 0 Å². The van der Waals surface area contributed by atoms with E-state index in [2.05, 4.69) is 35.5 Å². The molecule has 4 heteroatoms. The average molecular weight is 236 g/mol. The highest BCUT2D eigenvalue weighted by Gasteiger charge is 2.00. The summed E-state index contributed by atoms with van der Waals surface area (Å²) in [7, 11) is 0. The van der Waals surface area contributed by atoms with Gasteiger partial charge in [0, 0.05) is 16.7 Å². The number of rotatable bonds is 3. The highest BCUT2D eigenvalue weighted by Crippen LogP contribution is 2.18. The van der Waals surface area contributed by atoms with Crippen LogP contribution in [0.5, 0.6) is 0 Å². The lowest BCUT2D eigenvalue weighted by Gasteiger charge is -1.99. The van der Waals surface area contributed by atoms with Crippen LogP contribution in [0.15, 0.2) is 34.5 Å². The van der Waals surface area contributed by atoms with Crippen LogP contribution in [0.1, 0.15) is 11.3 Å². The largest absolute Gasteiger partial charge is 0.375 e. The molecule has 0 aliphatic heterocycles. The number of nitrogens with two attached hydrogens (primary N) is 1. The van der Waals surface area contributed by atoms with E-state index in [1.54, 1.807) is 11.8 Å². The highest BCUT2D eigenvalue weighted by molar-refractivity contribution is 7.98. The molecule has 0 saturated heterocycles. The van der Waals surface area contributed by atoms with Crippen molar-refractivity contribution in [3.63, 3.8) is 0 Å². The number of thiazole rings is 1. The van der Waals surface area contributed by atoms with Crippen molar-refractivity contribution in [3.05, 3.63) is 40.9 Å². The van der Waals surface area contributed by atoms with Gasteiger partial charge in [0.1, 0.15) is 0 Å². The molecule has 0 aliphatic rings. The number of hydrogen-bond acceptors (Lipinski definition) is 4. The predicted octanol–water partition coefficient (Wildman–Crippen LogP) is 3.04. The van der Waals surface area contributed by atoms with E-state index in [1.807, 2.05) is 5.38 Å². The minimum atomic E-state index is 0.644. The first-order valence-electron chi connectivity index (χ1n) is 4.61. The van der Waals surface area contributed by atoms with E-state index in [4.69, 9.17) is 5.73 Å². The van der Waals surface area contributed by atoms with Crippen molar-refractivity contribution in [3.8, 4) is 0 Å². The molecule has 1 heterocycles. The summed E-state index contributed by atoms with van der Waals surface area (Å²) in [5.41, 5.74) is 7.91. The highest BCUT2D eigenvalue weighted by atomic mass is 32.2. The van der Waals surface area contributed by atoms with Crippen LogP contribution in [0.25, 0.3) is 0 Å². The summed E-state index contributed by atoms with van der Waals surface area (Å²) in [5.74, 6) is 0. The van der Waals surface area contributed by atoms with Crippen LogP contribution < -0.4 is 5.73 Å². The SMILES string of the molecule is CSc1ccc(Cc2csc(N)n2)cc1. The Labute approximate surface area is 97.5 Å². The van der Waals surface area contributed by atoms with Crippen molar-refractivity contribution in [2.45, 2.75) is 11.3 Å². The maximum Gasteiger partial charge on any atom is 0.180 e. The summed E-state index contributed by atoms with van der Waals surface area (Å²) in [4.78, 5) is 5.53. The molecule has 0 radical (unpaired) electrons. The third-order valence-corrected chi connectivity index (χ3v) is 3.58. The van der Waals surface area contributed by atoms with Gasteiger partial charge in [-0.15, -0.1) is 23.1 Å². The van der Waals surface area contributed by atoms with Gasteiger partial charge in [0.05, 0.1) is 5.69 Å². The second kappa shape index (κ2) is 4.68. The van der Waals surface area contributed by atoms with Crippen LogP contribution in [0, 0.1) is 0 Å². The molecule has 0 saturated carbocycles. The van der Waals surface area contributed by atoms with Gasteiger partial charge in [-0.1, -0.05) is 12.1 Å². The monoisotopic (exact) mass is 236 g/mol. The molecule has 0 aliphatic carbocycles. The first-order valence-corrected chi connectivity index (χ1v) is 6.71. The lowest BCUT2D eigenvalue weighted by atomic mass is 10.1. The summed E-state index contributed by atoms with van der Waals surface area (Å²) in [5, 5.41) is 2.66. The summed E-state index contributed by atoms with van der Waals surface area (Å²) in [6.45, 7) is 0. The zero-order valence-corrected chi connectivity index (χ0v) is 10.1. The van der Waals surface area contributed by atoms with Gasteiger partial charge in [0.2, 0.25) is 0 Å². The molecule has 78 valence electrons. The molecule has 0 bridgehead atoms. The maximum atomic E-state index is 5.58. The fraction of sp³-hybridized carbons (Fsp3) is 0.182. The summed E-state index contributed by atoms with van der Waals surface area (Å²) >= 11 is 3.25. The number of benzene rings is 1. The Morgan fingerprint density at radius 1 is 1.33 bits per heavy atom. The molecular formula is C11H12N2S2. The molecule has 15 heavy (non-hydrogen) atoms. The van der Waals surface area contributed by atoms with E-state index in [9.17, 15) is 0 Å². The van der Waals surface area contributed by atoms with Crippen molar-refractivity contribution >= 4 is 28.2 Å². The van der Waals surface area contributed by atoms with Gasteiger partial charge in [0.25, 0.3) is 0 Å². The second-order valence-corrected chi connectivity index (χ2v) is 4.97. The Morgan fingerprint density at radius 2 is 2.07 bits per heavy atom. The zero-order valence-electron chi connectivity index (χ0n) is 8.43. The second-order valence-electron chi connectivity index (χ2n) is 3.20. The fourth-order valence-corrected chi connectivity index (χ4v) is 2.33. The minimum Gasteiger partial charge on any atom is -0.375 e. The van der Waals surface area contributed by atoms with Crippen LogP contribution in [-0.2, 0) is 6.42 Å². The zero-order chi connectivity index (χ0) is 10.7. The number of thioether (sulfide) groups is 1. The quantitative estimate of drug-likeness (QED) is 0.833. The van der Waals surface area contributed by atoms with Crippen molar-refractivity contribution < 1.29 is 0 Å². The topological polar surface area (TPSA) is 38.9 Å². The normalized spacial score (nSPS) is 10.5. The molecule has 2 nitrogen and oxygen atoms in total. The van der Waals surface area contributed by atoms with E-state index in [0.29, 0.717) is 5.13 Å². The molecule has 0 amide bonds. The Kier molecular flexibility index (Phi) is 3.28. The lowest BCUT2D eigenvalue weighted by Crippen LogP contribution is -1.89. The molecule has 0 spiro atoms. The Hall–Kier alpha value is -1.00. The molecule has 2 N–H and O–H groups in total. The number of nitrogens with zero attached hydrogens (tertiary/aromatic N) is 1. The van der Waals surface area contributed by atoms with Crippen molar-refractivity contribution in [2.75, 3.05) is 12.0 Å². The lowest BCUT2D eigenvalue weighted by molar-refractivity contribution is 1.10. The number of aromatic nitrogens is 1. The summed E-state index contributed by atoms with van der Waals surface area (Å²) in [6.07, 6.45) is 2.94. The van der Waals surface area contributed by atoms with Gasteiger partial charge in [-0.3, -0.25) is 0 Å². The van der Waals surface area contributed by atoms with Gasteiger partial charge in [0.15, 0.2) is 5.13 Å². The van der Waals surface area contributed by atoms with E-state index in [0.717, 1.165) is 12.1 Å². The summed E-state index contributed by atoms with van der Waals surface area (Å²) in [6, 6.07) is 8.55. The molecule has 0 unspecified atom stereocenters. The molecule has 2 aromatic rings. The minimum absolute atomic E-state index is 0.644.